The fourth-order valence-corrected chi connectivity index (χ4v) is 66.8. The summed E-state index contributed by atoms with van der Waals surface area (Å²) in [5, 5.41) is 0. The lowest BCUT2D eigenvalue weighted by Crippen LogP contribution is -2.88. The normalized spacial score (nSPS) is 50.9. The van der Waals surface area contributed by atoms with Gasteiger partial charge in [-0.2, -0.15) is 0 Å². The van der Waals surface area contributed by atoms with E-state index >= 15 is 0 Å². The van der Waals surface area contributed by atoms with Gasteiger partial charge in [0.25, 0.3) is 0 Å². The number of fused-ring (bicyclic) bond motifs is 4. The van der Waals surface area contributed by atoms with Crippen LogP contribution in [-0.2, 0) is 90.5 Å². The van der Waals surface area contributed by atoms with Gasteiger partial charge < -0.3 is 148 Å². The van der Waals surface area contributed by atoms with Crippen LogP contribution in [-0.4, -0.2) is 208 Å². The molecule has 368 valence electrons. The maximum absolute atomic E-state index is 12.2. The van der Waals surface area contributed by atoms with Crippen LogP contribution in [0.25, 0.3) is 0 Å². The van der Waals surface area contributed by atoms with Crippen LogP contribution in [0.5, 0.6) is 0 Å². The van der Waals surface area contributed by atoms with Crippen LogP contribution in [0.15, 0.2) is 0 Å². The van der Waals surface area contributed by atoms with E-state index in [-0.39, 0.29) is 0 Å². The molecule has 12 N–H and O–H groups in total. The molecule has 0 saturated carbocycles. The second-order valence-corrected chi connectivity index (χ2v) is 64.4. The Morgan fingerprint density at radius 3 is 1.10 bits per heavy atom. The van der Waals surface area contributed by atoms with Crippen LogP contribution in [0.2, 0.25) is 78.6 Å². The molecule has 6 aliphatic rings. The summed E-state index contributed by atoms with van der Waals surface area (Å²) in [4.78, 5) is 139. The Hall–Kier alpha value is 2.33. The van der Waals surface area contributed by atoms with Crippen molar-refractivity contribution in [1.29, 1.82) is 0 Å². The van der Waals surface area contributed by atoms with E-state index < -0.39 is 151 Å². The molecule has 0 radical (unpaired) electrons. The average Bonchev–Trinajstić information content (AvgIpc) is 2.79. The van der Waals surface area contributed by atoms with Gasteiger partial charge in [-0.3, -0.25) is 0 Å². The van der Waals surface area contributed by atoms with Crippen molar-refractivity contribution in [2.45, 2.75) is 78.6 Å². The Labute approximate surface area is 375 Å². The second-order valence-electron chi connectivity index (χ2n) is 17.0. The fraction of sp³-hybridized carbons (Fsp3) is 1.00. The number of hydrogen-bond acceptors (Lipinski definition) is 34. The molecule has 12 unspecified atom stereocenters. The molecule has 6 rings (SSSR count). The molecule has 6 heterocycles. The van der Waals surface area contributed by atoms with E-state index in [1.54, 1.807) is 0 Å². The summed E-state index contributed by atoms with van der Waals surface area (Å²) >= 11 is 0. The zero-order valence-electron chi connectivity index (χ0n) is 34.8. The van der Waals surface area contributed by atoms with Crippen molar-refractivity contribution in [3.63, 3.8) is 0 Å². The van der Waals surface area contributed by atoms with Crippen LogP contribution >= 0.6 is 0 Å². The molecule has 63 heavy (non-hydrogen) atoms. The number of rotatable bonds is 6. The SMILES string of the molecule is C[Si](C)(C)O[Si]1(O)O[Si](C)(O)O[Si]2(O)O[Si](O)(O1)O[Si]1(O)O[Si](O)(O)O[Si]34O[Si](O)(O)O[Si](C)(O)O[Si]5(O[Si](C)(O[Si](O)(O[Si](C)(C)C)O[Si](O)(O[Si](C)(C)C)O5)O[Si](O2)(O1)O3)O4. The Kier molecular flexibility index (Phi) is 14.0. The molecule has 0 aromatic carbocycles. The third kappa shape index (κ3) is 13.8. The van der Waals surface area contributed by atoms with Crippen molar-refractivity contribution in [1.82, 2.24) is 0 Å². The first-order chi connectivity index (χ1) is 27.6. The van der Waals surface area contributed by atoms with Gasteiger partial charge in [-0.15, -0.1) is 0 Å². The Balaban J connectivity index is 1.63. The van der Waals surface area contributed by atoms with Crippen molar-refractivity contribution >= 4 is 151 Å². The van der Waals surface area contributed by atoms with Gasteiger partial charge in [0, 0.05) is 19.6 Å². The van der Waals surface area contributed by atoms with Crippen molar-refractivity contribution in [2.75, 3.05) is 0 Å². The number of hydrogen-bond donors (Lipinski definition) is 12. The Morgan fingerprint density at radius 2 is 0.635 bits per heavy atom. The highest BCUT2D eigenvalue weighted by Crippen LogP contribution is 2.47. The highest BCUT2D eigenvalue weighted by molar-refractivity contribution is 6.99. The zero-order valence-corrected chi connectivity index (χ0v) is 51.8. The minimum absolute atomic E-state index is 0.731. The van der Waals surface area contributed by atoms with Gasteiger partial charge >= 0.3 is 126 Å². The van der Waals surface area contributed by atoms with E-state index in [0.717, 1.165) is 19.6 Å². The molecule has 0 amide bonds. The molecular weight excluding hydrogens is 1170 g/mol. The molecule has 0 aromatic heterocycles. The fourth-order valence-electron chi connectivity index (χ4n) is 5.63. The third-order valence-corrected chi connectivity index (χ3v) is 59.3. The first-order valence-electron chi connectivity index (χ1n) is 17.7. The van der Waals surface area contributed by atoms with Gasteiger partial charge in [0.05, 0.1) is 0 Å². The lowest BCUT2D eigenvalue weighted by atomic mass is 11.8. The highest BCUT2D eigenvalue weighted by Gasteiger charge is 2.88. The van der Waals surface area contributed by atoms with Crippen LogP contribution < -0.4 is 0 Å². The summed E-state index contributed by atoms with van der Waals surface area (Å²) in [6.07, 6.45) is 0. The lowest BCUT2D eigenvalue weighted by molar-refractivity contribution is -0.111. The smallest absolute Gasteiger partial charge is 0.395 e. The van der Waals surface area contributed by atoms with Crippen molar-refractivity contribution in [3.8, 4) is 0 Å². The molecule has 7 bridgehead atoms. The largest absolute Gasteiger partial charge is 0.662 e. The summed E-state index contributed by atoms with van der Waals surface area (Å²) < 4.78 is 123. The monoisotopic (exact) mass is 1210 g/mol. The maximum atomic E-state index is 12.2. The highest BCUT2D eigenvalue weighted by atomic mass is 28.7. The van der Waals surface area contributed by atoms with E-state index in [2.05, 4.69) is 0 Å². The van der Waals surface area contributed by atoms with E-state index in [4.69, 9.17) is 90.5 Å². The van der Waals surface area contributed by atoms with Crippen molar-refractivity contribution in [3.05, 3.63) is 0 Å². The first kappa shape index (κ1) is 54.7. The minimum atomic E-state index is -6.58. The molecule has 0 aromatic rings. The van der Waals surface area contributed by atoms with Crippen molar-refractivity contribution < 1.29 is 148 Å². The average molecular weight is 1210 g/mol. The zero-order chi connectivity index (χ0) is 48.1. The summed E-state index contributed by atoms with van der Waals surface area (Å²) in [7, 11) is -93.3. The molecular formula is C12H48O34Si17. The van der Waals surface area contributed by atoms with Gasteiger partial charge in [0.2, 0.25) is 0 Å². The lowest BCUT2D eigenvalue weighted by Gasteiger charge is -2.54. The molecule has 51 heteroatoms. The van der Waals surface area contributed by atoms with E-state index in [1.165, 1.54) is 58.9 Å². The topological polar surface area (TPSA) is 446 Å². The van der Waals surface area contributed by atoms with Crippen LogP contribution in [0.3, 0.4) is 0 Å². The quantitative estimate of drug-likeness (QED) is 0.110. The minimum Gasteiger partial charge on any atom is -0.395 e. The summed E-state index contributed by atoms with van der Waals surface area (Å²) in [6, 6.07) is 0. The molecule has 3 spiro atoms. The third-order valence-electron chi connectivity index (χ3n) is 6.59. The Morgan fingerprint density at radius 1 is 0.286 bits per heavy atom. The van der Waals surface area contributed by atoms with Crippen LogP contribution in [0.4, 0.5) is 0 Å². The predicted octanol–water partition coefficient (Wildman–Crippen LogP) is -7.66. The molecule has 6 saturated heterocycles. The Bertz CT molecular complexity index is 1770. The van der Waals surface area contributed by atoms with Gasteiger partial charge in [0.15, 0.2) is 25.0 Å². The summed E-state index contributed by atoms with van der Waals surface area (Å²) in [6.45, 7) is 15.9. The second kappa shape index (κ2) is 16.2. The van der Waals surface area contributed by atoms with Gasteiger partial charge in [-0.05, 0) is 58.9 Å². The molecule has 6 aliphatic heterocycles. The standard InChI is InChI=1S/C12H48O34Si17/c1-47(2,3)25-55(19)29-51(11,14)30-58(22)40-60(24,38-55)41-59(23)35-54(17,18)37-63-36-53(15,16)28-50(10,13)31-61(45-63)33-52(12,34-62(43-58,44-59)46-63)32-56(20,26-48(4,5)6)39-57(21,42-61)27-49(7,8)9/h13-24H,1-12H3. The van der Waals surface area contributed by atoms with E-state index in [9.17, 15) is 57.5 Å². The molecule has 34 nitrogen and oxygen atoms in total. The summed E-state index contributed by atoms with van der Waals surface area (Å²) in [5.74, 6) is 0. The predicted molar refractivity (Wildman–Crippen MR) is 219 cm³/mol. The van der Waals surface area contributed by atoms with E-state index in [0.29, 0.717) is 0 Å². The molecule has 6 fully saturated rings. The van der Waals surface area contributed by atoms with Gasteiger partial charge in [-0.1, -0.05) is 0 Å². The van der Waals surface area contributed by atoms with Crippen LogP contribution in [0, 0.1) is 0 Å². The van der Waals surface area contributed by atoms with Crippen LogP contribution in [0.1, 0.15) is 0 Å². The van der Waals surface area contributed by atoms with Gasteiger partial charge in [-0.25, -0.2) is 0 Å². The maximum Gasteiger partial charge on any atom is 0.662 e. The molecule has 0 aliphatic carbocycles. The first-order valence-corrected chi connectivity index (χ1v) is 53.0. The summed E-state index contributed by atoms with van der Waals surface area (Å²) in [5.41, 5.74) is 0. The molecule has 12 atom stereocenters. The van der Waals surface area contributed by atoms with E-state index in [1.807, 2.05) is 0 Å². The van der Waals surface area contributed by atoms with Gasteiger partial charge in [0.1, 0.15) is 0 Å². The van der Waals surface area contributed by atoms with Crippen molar-refractivity contribution in [2.24, 2.45) is 0 Å².